The van der Waals surface area contributed by atoms with Gasteiger partial charge < -0.3 is 19.9 Å². The zero-order chi connectivity index (χ0) is 31.5. The van der Waals surface area contributed by atoms with Gasteiger partial charge in [-0.1, -0.05) is 42.7 Å². The minimum atomic E-state index is -4.33. The number of nitrogens with two attached hydrogens (primary N) is 1. The van der Waals surface area contributed by atoms with Gasteiger partial charge in [0.15, 0.2) is 29.9 Å². The maximum Gasteiger partial charge on any atom is 0.475 e. The number of hydrogen-bond acceptors (Lipinski definition) is 14. The van der Waals surface area contributed by atoms with Gasteiger partial charge in [-0.05, 0) is 23.2 Å². The zero-order valence-electron chi connectivity index (χ0n) is 23.5. The molecule has 2 saturated heterocycles. The molecule has 17 nitrogen and oxygen atoms in total. The number of imidazole rings is 1. The van der Waals surface area contributed by atoms with E-state index in [-0.39, 0.29) is 36.4 Å². The molecule has 2 aliphatic rings. The molecular weight excluding hydrogens is 623 g/mol. The molecule has 6 atom stereocenters. The van der Waals surface area contributed by atoms with E-state index in [0.29, 0.717) is 17.0 Å². The van der Waals surface area contributed by atoms with E-state index >= 15 is 0 Å². The smallest absolute Gasteiger partial charge is 0.455 e. The van der Waals surface area contributed by atoms with Crippen LogP contribution in [0.5, 0.6) is 0 Å². The second-order valence-electron chi connectivity index (χ2n) is 9.69. The molecule has 3 aromatic rings. The third-order valence-corrected chi connectivity index (χ3v) is 8.55. The van der Waals surface area contributed by atoms with Crippen molar-refractivity contribution in [2.75, 3.05) is 18.9 Å². The molecule has 0 bridgehead atoms. The summed E-state index contributed by atoms with van der Waals surface area (Å²) in [4.78, 5) is 40.5. The third-order valence-electron chi connectivity index (χ3n) is 6.86. The van der Waals surface area contributed by atoms with E-state index in [1.807, 2.05) is 0 Å². The number of fused-ring (bicyclic) bond motifs is 1. The first-order chi connectivity index (χ1) is 21.1. The predicted octanol–water partition coefficient (Wildman–Crippen LogP) is 4.54. The van der Waals surface area contributed by atoms with Crippen LogP contribution in [0.3, 0.4) is 0 Å². The van der Waals surface area contributed by atoms with Crippen LogP contribution in [0.25, 0.3) is 21.6 Å². The number of anilines is 1. The number of phosphoric acid groups is 1. The summed E-state index contributed by atoms with van der Waals surface area (Å²) >= 11 is 6.12. The van der Waals surface area contributed by atoms with Crippen molar-refractivity contribution in [2.24, 2.45) is 5.11 Å². The average Bonchev–Trinajstić information content (AvgIpc) is 3.57. The van der Waals surface area contributed by atoms with Crippen molar-refractivity contribution in [3.05, 3.63) is 57.9 Å². The Morgan fingerprint density at radius 2 is 2.02 bits per heavy atom. The van der Waals surface area contributed by atoms with E-state index in [2.05, 4.69) is 25.0 Å². The molecule has 44 heavy (non-hydrogen) atoms. The SMILES string of the molecule is CCC(=O)O[C@H]1[C@H](n2cnc3c(N)ncnc32)O[C@@](COP2(=O)OCC[C@@H](c3cccc(Cl)c3)O2)(N=[N+]=[N-])[C@H]1OC(=O)CC. The molecule has 0 amide bonds. The van der Waals surface area contributed by atoms with E-state index in [1.54, 1.807) is 31.2 Å². The summed E-state index contributed by atoms with van der Waals surface area (Å²) in [7, 11) is -4.33. The number of carbonyl (C=O) groups is 2. The minimum Gasteiger partial charge on any atom is -0.455 e. The number of esters is 2. The van der Waals surface area contributed by atoms with Crippen molar-refractivity contribution in [1.29, 1.82) is 0 Å². The van der Waals surface area contributed by atoms with Gasteiger partial charge >= 0.3 is 19.8 Å². The Labute approximate surface area is 255 Å². The topological polar surface area (TPSA) is 225 Å². The molecular formula is C25H28ClN8O9P. The van der Waals surface area contributed by atoms with E-state index in [0.717, 1.165) is 0 Å². The zero-order valence-corrected chi connectivity index (χ0v) is 25.2. The van der Waals surface area contributed by atoms with Crippen LogP contribution >= 0.6 is 19.4 Å². The number of carbonyl (C=O) groups excluding carboxylic acids is 2. The standard InChI is InChI=1S/C25H28ClN8O9P/c1-3-17(35)40-20-21(41-18(36)4-2)25(32-33-28,42-24(20)34-13-31-19-22(27)29-12-30-23(19)34)11-39-44(37)38-9-8-16(43-44)14-6-5-7-15(26)10-14/h5-7,10,12-13,16,20-21,24H,3-4,8-9,11H2,1-2H3,(H2,27,29,30)/t16-,20+,21-,24+,25+,44?/m0/s1. The number of ether oxygens (including phenoxy) is 3. The first kappa shape index (κ1) is 31.6. The second kappa shape index (κ2) is 13.0. The van der Waals surface area contributed by atoms with Gasteiger partial charge in [0.1, 0.15) is 11.8 Å². The molecule has 0 radical (unpaired) electrons. The van der Waals surface area contributed by atoms with Crippen LogP contribution in [-0.2, 0) is 41.9 Å². The molecule has 0 saturated carbocycles. The van der Waals surface area contributed by atoms with Crippen molar-refractivity contribution >= 4 is 48.3 Å². The largest absolute Gasteiger partial charge is 0.475 e. The number of halogens is 1. The Bertz CT molecular complexity index is 1650. The number of hydrogen-bond donors (Lipinski definition) is 1. The van der Waals surface area contributed by atoms with E-state index in [4.69, 9.17) is 45.1 Å². The molecule has 5 rings (SSSR count). The third kappa shape index (κ3) is 6.35. The number of rotatable bonds is 10. The predicted molar refractivity (Wildman–Crippen MR) is 151 cm³/mol. The molecule has 4 heterocycles. The molecule has 0 aliphatic carbocycles. The lowest BCUT2D eigenvalue weighted by Gasteiger charge is -2.33. The maximum absolute atomic E-state index is 13.7. The Morgan fingerprint density at radius 1 is 1.25 bits per heavy atom. The van der Waals surface area contributed by atoms with Crippen LogP contribution in [0.2, 0.25) is 5.02 Å². The van der Waals surface area contributed by atoms with Gasteiger partial charge in [-0.25, -0.2) is 19.5 Å². The van der Waals surface area contributed by atoms with Crippen LogP contribution in [0.4, 0.5) is 5.82 Å². The highest BCUT2D eigenvalue weighted by atomic mass is 35.5. The Kier molecular flexibility index (Phi) is 9.37. The fourth-order valence-corrected chi connectivity index (χ4v) is 6.35. The number of benzene rings is 1. The summed E-state index contributed by atoms with van der Waals surface area (Å²) in [6.45, 7) is 2.29. The van der Waals surface area contributed by atoms with Gasteiger partial charge in [-0.15, -0.1) is 0 Å². The Morgan fingerprint density at radius 3 is 2.75 bits per heavy atom. The van der Waals surface area contributed by atoms with Crippen molar-refractivity contribution in [2.45, 2.75) is 63.4 Å². The lowest BCUT2D eigenvalue weighted by molar-refractivity contribution is -0.173. The quantitative estimate of drug-likeness (QED) is 0.105. The van der Waals surface area contributed by atoms with Gasteiger partial charge in [0.2, 0.25) is 5.72 Å². The lowest BCUT2D eigenvalue weighted by Crippen LogP contribution is -2.49. The summed E-state index contributed by atoms with van der Waals surface area (Å²) in [5.74, 6) is -1.37. The lowest BCUT2D eigenvalue weighted by atomic mass is 10.0. The van der Waals surface area contributed by atoms with Gasteiger partial charge in [-0.3, -0.25) is 27.7 Å². The number of nitrogen functional groups attached to an aromatic ring is 1. The molecule has 2 N–H and O–H groups in total. The van der Waals surface area contributed by atoms with E-state index in [9.17, 15) is 19.7 Å². The van der Waals surface area contributed by atoms with E-state index < -0.39 is 56.6 Å². The number of phosphoric ester groups is 1. The molecule has 1 aromatic carbocycles. The molecule has 0 spiro atoms. The van der Waals surface area contributed by atoms with Gasteiger partial charge in [0, 0.05) is 29.2 Å². The summed E-state index contributed by atoms with van der Waals surface area (Å²) in [6.07, 6.45) is -2.37. The molecule has 2 aromatic heterocycles. The Hall–Kier alpha value is -3.82. The van der Waals surface area contributed by atoms with Crippen molar-refractivity contribution in [3.8, 4) is 0 Å². The second-order valence-corrected chi connectivity index (χ2v) is 11.7. The van der Waals surface area contributed by atoms with Gasteiger partial charge in [0.25, 0.3) is 0 Å². The van der Waals surface area contributed by atoms with Crippen LogP contribution in [0.1, 0.15) is 51.0 Å². The van der Waals surface area contributed by atoms with Crippen LogP contribution in [0, 0.1) is 0 Å². The highest BCUT2D eigenvalue weighted by Crippen LogP contribution is 2.58. The maximum atomic E-state index is 13.7. The minimum absolute atomic E-state index is 0.000399. The normalized spacial score (nSPS) is 28.3. The number of nitrogens with zero attached hydrogens (tertiary/aromatic N) is 7. The van der Waals surface area contributed by atoms with Crippen molar-refractivity contribution in [1.82, 2.24) is 19.5 Å². The van der Waals surface area contributed by atoms with Crippen LogP contribution in [0.15, 0.2) is 42.0 Å². The highest BCUT2D eigenvalue weighted by Gasteiger charge is 2.61. The molecule has 2 fully saturated rings. The summed E-state index contributed by atoms with van der Waals surface area (Å²) in [5.41, 5.74) is 14.4. The van der Waals surface area contributed by atoms with Crippen molar-refractivity contribution < 1.29 is 41.9 Å². The van der Waals surface area contributed by atoms with Gasteiger partial charge in [0.05, 0.1) is 25.6 Å². The molecule has 19 heteroatoms. The first-order valence-corrected chi connectivity index (χ1v) is 15.3. The fraction of sp³-hybridized carbons (Fsp3) is 0.480. The average molecular weight is 651 g/mol. The monoisotopic (exact) mass is 650 g/mol. The summed E-state index contributed by atoms with van der Waals surface area (Å²) in [5, 5.41) is 4.25. The number of azide groups is 1. The van der Waals surface area contributed by atoms with Crippen LogP contribution in [-0.4, -0.2) is 62.6 Å². The molecule has 2 aliphatic heterocycles. The van der Waals surface area contributed by atoms with Crippen molar-refractivity contribution in [3.63, 3.8) is 0 Å². The van der Waals surface area contributed by atoms with Crippen LogP contribution < -0.4 is 5.73 Å². The first-order valence-electron chi connectivity index (χ1n) is 13.5. The summed E-state index contributed by atoms with van der Waals surface area (Å²) in [6, 6.07) is 6.80. The number of aromatic nitrogens is 4. The molecule has 234 valence electrons. The fourth-order valence-electron chi connectivity index (χ4n) is 4.75. The van der Waals surface area contributed by atoms with E-state index in [1.165, 1.54) is 24.1 Å². The molecule has 1 unspecified atom stereocenters. The van der Waals surface area contributed by atoms with Gasteiger partial charge in [-0.2, -0.15) is 0 Å². The summed E-state index contributed by atoms with van der Waals surface area (Å²) < 4.78 is 49.4. The Balaban J connectivity index is 1.53. The highest BCUT2D eigenvalue weighted by molar-refractivity contribution is 7.48.